The summed E-state index contributed by atoms with van der Waals surface area (Å²) in [6, 6.07) is 0. The third kappa shape index (κ3) is 3.01. The summed E-state index contributed by atoms with van der Waals surface area (Å²) in [6.45, 7) is 0. The van der Waals surface area contributed by atoms with Gasteiger partial charge in [-0.05, 0) is 19.3 Å². The van der Waals surface area contributed by atoms with Gasteiger partial charge >= 0.3 is 5.09 Å². The number of hydrogen-bond donors (Lipinski definition) is 0. The molecule has 1 rings (SSSR count). The molecule has 1 aliphatic carbocycles. The highest BCUT2D eigenvalue weighted by atomic mass is 17.3. The van der Waals surface area contributed by atoms with E-state index >= 15 is 0 Å². The molecule has 0 bridgehead atoms. The van der Waals surface area contributed by atoms with Crippen molar-refractivity contribution in [1.82, 2.24) is 0 Å². The van der Waals surface area contributed by atoms with Crippen molar-refractivity contribution in [3.05, 3.63) is 20.2 Å². The SMILES string of the molecule is O=[N+]([O-])OOC1CCCC1O[N+](=O)[O-]. The van der Waals surface area contributed by atoms with Crippen LogP contribution in [-0.2, 0) is 14.7 Å². The first-order valence-electron chi connectivity index (χ1n) is 3.88. The van der Waals surface area contributed by atoms with Gasteiger partial charge in [0, 0.05) is 0 Å². The van der Waals surface area contributed by atoms with Gasteiger partial charge in [0.2, 0.25) is 0 Å². The smallest absolute Gasteiger partial charge is 0.308 e. The maximum atomic E-state index is 9.99. The molecule has 0 aliphatic heterocycles. The van der Waals surface area contributed by atoms with Gasteiger partial charge in [-0.25, -0.2) is 0 Å². The predicted molar refractivity (Wildman–Crippen MR) is 38.7 cm³/mol. The third-order valence-corrected chi connectivity index (χ3v) is 1.84. The van der Waals surface area contributed by atoms with Crippen LogP contribution in [0.15, 0.2) is 0 Å². The van der Waals surface area contributed by atoms with Crippen molar-refractivity contribution < 1.29 is 24.9 Å². The van der Waals surface area contributed by atoms with Gasteiger partial charge in [-0.3, -0.25) is 0 Å². The Morgan fingerprint density at radius 2 is 1.71 bits per heavy atom. The molecule has 2 atom stereocenters. The van der Waals surface area contributed by atoms with Crippen molar-refractivity contribution in [3.8, 4) is 0 Å². The fraction of sp³-hybridized carbons (Fsp3) is 1.00. The minimum absolute atomic E-state index is 0.423. The van der Waals surface area contributed by atoms with E-state index in [-0.39, 0.29) is 0 Å². The quantitative estimate of drug-likeness (QED) is 0.361. The summed E-state index contributed by atoms with van der Waals surface area (Å²) in [6.07, 6.45) is -0.0423. The fourth-order valence-corrected chi connectivity index (χ4v) is 1.32. The number of rotatable bonds is 5. The van der Waals surface area contributed by atoms with E-state index in [0.29, 0.717) is 19.3 Å². The third-order valence-electron chi connectivity index (χ3n) is 1.84. The normalized spacial score (nSPS) is 25.7. The average Bonchev–Trinajstić information content (AvgIpc) is 2.47. The maximum absolute atomic E-state index is 9.99. The van der Waals surface area contributed by atoms with Crippen LogP contribution in [0.2, 0.25) is 0 Å². The summed E-state index contributed by atoms with van der Waals surface area (Å²) in [5.41, 5.74) is 0. The summed E-state index contributed by atoms with van der Waals surface area (Å²) < 4.78 is 0. The molecule has 1 fully saturated rings. The van der Waals surface area contributed by atoms with E-state index in [2.05, 4.69) is 14.7 Å². The zero-order valence-electron chi connectivity index (χ0n) is 7.03. The van der Waals surface area contributed by atoms with Crippen LogP contribution >= 0.6 is 0 Å². The maximum Gasteiger partial charge on any atom is 0.322 e. The molecule has 0 radical (unpaired) electrons. The van der Waals surface area contributed by atoms with Crippen molar-refractivity contribution >= 4 is 0 Å². The molecule has 0 aromatic carbocycles. The van der Waals surface area contributed by atoms with Crippen molar-refractivity contribution in [1.29, 1.82) is 0 Å². The lowest BCUT2D eigenvalue weighted by molar-refractivity contribution is -0.858. The minimum Gasteiger partial charge on any atom is -0.308 e. The van der Waals surface area contributed by atoms with Crippen molar-refractivity contribution in [3.63, 3.8) is 0 Å². The van der Waals surface area contributed by atoms with Gasteiger partial charge in [-0.2, -0.15) is 4.89 Å². The fourth-order valence-electron chi connectivity index (χ4n) is 1.32. The molecule has 80 valence electrons. The molecule has 0 spiro atoms. The lowest BCUT2D eigenvalue weighted by Gasteiger charge is -2.14. The van der Waals surface area contributed by atoms with E-state index in [4.69, 9.17) is 0 Å². The molecule has 0 heterocycles. The molecule has 1 aliphatic rings. The zero-order valence-corrected chi connectivity index (χ0v) is 7.03. The van der Waals surface area contributed by atoms with Gasteiger partial charge in [0.25, 0.3) is 5.09 Å². The van der Waals surface area contributed by atoms with Crippen molar-refractivity contribution in [2.24, 2.45) is 0 Å². The summed E-state index contributed by atoms with van der Waals surface area (Å²) in [4.78, 5) is 32.0. The number of hydrogen-bond acceptors (Lipinski definition) is 7. The summed E-state index contributed by atoms with van der Waals surface area (Å²) in [5, 5.41) is 17.7. The number of nitrogens with zero attached hydrogens (tertiary/aromatic N) is 2. The van der Waals surface area contributed by atoms with Crippen LogP contribution in [0.25, 0.3) is 0 Å². The Morgan fingerprint density at radius 1 is 1.07 bits per heavy atom. The Kier molecular flexibility index (Phi) is 3.40. The minimum atomic E-state index is -1.12. The average molecular weight is 208 g/mol. The van der Waals surface area contributed by atoms with Crippen molar-refractivity contribution in [2.75, 3.05) is 0 Å². The monoisotopic (exact) mass is 208 g/mol. The van der Waals surface area contributed by atoms with E-state index in [0.717, 1.165) is 0 Å². The second kappa shape index (κ2) is 4.56. The highest BCUT2D eigenvalue weighted by Gasteiger charge is 2.32. The predicted octanol–water partition coefficient (Wildman–Crippen LogP) is 0.256. The van der Waals surface area contributed by atoms with Gasteiger partial charge in [0.15, 0.2) is 0 Å². The van der Waals surface area contributed by atoms with Crippen LogP contribution < -0.4 is 0 Å². The first-order valence-corrected chi connectivity index (χ1v) is 3.88. The zero-order chi connectivity index (χ0) is 10.6. The second-order valence-electron chi connectivity index (χ2n) is 2.73. The highest BCUT2D eigenvalue weighted by Crippen LogP contribution is 2.25. The summed E-state index contributed by atoms with van der Waals surface area (Å²) in [7, 11) is 0. The first-order chi connectivity index (χ1) is 6.59. The van der Waals surface area contributed by atoms with Crippen molar-refractivity contribution in [2.45, 2.75) is 31.5 Å². The molecular weight excluding hydrogens is 200 g/mol. The van der Waals surface area contributed by atoms with Gasteiger partial charge < -0.3 is 4.84 Å². The Hall–Kier alpha value is -1.64. The topological polar surface area (TPSA) is 114 Å². The van der Waals surface area contributed by atoms with Crippen LogP contribution in [0.5, 0.6) is 0 Å². The van der Waals surface area contributed by atoms with Gasteiger partial charge in [0.1, 0.15) is 12.2 Å². The molecule has 0 aromatic rings. The Labute approximate surface area is 77.7 Å². The lowest BCUT2D eigenvalue weighted by Crippen LogP contribution is -2.29. The van der Waals surface area contributed by atoms with Crippen LogP contribution in [0.4, 0.5) is 0 Å². The van der Waals surface area contributed by atoms with Crippen LogP contribution in [0.3, 0.4) is 0 Å². The summed E-state index contributed by atoms with van der Waals surface area (Å²) in [5.74, 6) is 0. The van der Waals surface area contributed by atoms with Crippen LogP contribution in [0.1, 0.15) is 19.3 Å². The van der Waals surface area contributed by atoms with E-state index < -0.39 is 22.4 Å². The van der Waals surface area contributed by atoms with Gasteiger partial charge in [-0.15, -0.1) is 25.2 Å². The first kappa shape index (κ1) is 10.4. The van der Waals surface area contributed by atoms with E-state index in [1.807, 2.05) is 0 Å². The van der Waals surface area contributed by atoms with Gasteiger partial charge in [-0.1, -0.05) is 0 Å². The molecule has 14 heavy (non-hydrogen) atoms. The molecular formula is C5H8N2O7. The Bertz CT molecular complexity index is 232. The lowest BCUT2D eigenvalue weighted by atomic mass is 10.3. The highest BCUT2D eigenvalue weighted by molar-refractivity contribution is 4.76. The largest absolute Gasteiger partial charge is 0.322 e. The summed E-state index contributed by atoms with van der Waals surface area (Å²) >= 11 is 0. The van der Waals surface area contributed by atoms with E-state index in [9.17, 15) is 20.2 Å². The van der Waals surface area contributed by atoms with E-state index in [1.165, 1.54) is 0 Å². The Balaban J connectivity index is 2.35. The standard InChI is InChI=1S/C5H8N2O7/c8-6(9)12-4-2-1-3-5(4)13-14-7(10)11/h4-5H,1-3H2. The molecule has 0 N–H and O–H groups in total. The molecule has 2 unspecified atom stereocenters. The van der Waals surface area contributed by atoms with Crippen LogP contribution in [0, 0.1) is 20.2 Å². The van der Waals surface area contributed by atoms with Gasteiger partial charge in [0.05, 0.1) is 0 Å². The molecule has 1 saturated carbocycles. The molecule has 0 amide bonds. The second-order valence-corrected chi connectivity index (χ2v) is 2.73. The molecule has 0 saturated heterocycles. The molecule has 0 aromatic heterocycles. The molecule has 9 heteroatoms. The van der Waals surface area contributed by atoms with Crippen LogP contribution in [-0.4, -0.2) is 22.4 Å². The molecule has 9 nitrogen and oxygen atoms in total. The van der Waals surface area contributed by atoms with E-state index in [1.54, 1.807) is 0 Å². The Morgan fingerprint density at radius 3 is 2.29 bits per heavy atom.